The van der Waals surface area contributed by atoms with Crippen LogP contribution in [0.3, 0.4) is 0 Å². The quantitative estimate of drug-likeness (QED) is 0.742. The number of carboxylic acids is 1. The Balaban J connectivity index is 2.48. The van der Waals surface area contributed by atoms with Crippen LogP contribution >= 0.6 is 15.9 Å². The van der Waals surface area contributed by atoms with Gasteiger partial charge in [0.15, 0.2) is 0 Å². The Hall–Kier alpha value is -1.56. The molecule has 110 valence electrons. The molecule has 20 heavy (non-hydrogen) atoms. The van der Waals surface area contributed by atoms with E-state index in [0.29, 0.717) is 13.0 Å². The second kappa shape index (κ2) is 7.89. The third kappa shape index (κ3) is 5.21. The maximum absolute atomic E-state index is 11.7. The highest BCUT2D eigenvalue weighted by Crippen LogP contribution is 2.21. The summed E-state index contributed by atoms with van der Waals surface area (Å²) >= 11 is 3.39. The highest BCUT2D eigenvalue weighted by molar-refractivity contribution is 9.10. The van der Waals surface area contributed by atoms with E-state index in [4.69, 9.17) is 5.11 Å². The van der Waals surface area contributed by atoms with Gasteiger partial charge in [-0.1, -0.05) is 29.8 Å². The first-order valence-corrected chi connectivity index (χ1v) is 7.29. The van der Waals surface area contributed by atoms with Crippen molar-refractivity contribution in [2.45, 2.75) is 26.7 Å². The van der Waals surface area contributed by atoms with Gasteiger partial charge >= 0.3 is 12.0 Å². The average molecular weight is 343 g/mol. The molecule has 1 atom stereocenters. The van der Waals surface area contributed by atoms with E-state index in [1.54, 1.807) is 6.92 Å². The minimum absolute atomic E-state index is 0.320. The molecule has 0 aliphatic carbocycles. The van der Waals surface area contributed by atoms with Crippen LogP contribution in [0, 0.1) is 5.92 Å². The second-order valence-corrected chi connectivity index (χ2v) is 5.48. The minimum atomic E-state index is -0.853. The smallest absolute Gasteiger partial charge is 0.319 e. The highest BCUT2D eigenvalue weighted by Gasteiger charge is 2.11. The summed E-state index contributed by atoms with van der Waals surface area (Å²) in [5.74, 6) is -1.32. The first-order chi connectivity index (χ1) is 9.43. The van der Waals surface area contributed by atoms with Gasteiger partial charge in [0.05, 0.1) is 5.92 Å². The van der Waals surface area contributed by atoms with Gasteiger partial charge in [0.2, 0.25) is 0 Å². The molecule has 6 heteroatoms. The van der Waals surface area contributed by atoms with Gasteiger partial charge in [0.1, 0.15) is 0 Å². The second-order valence-electron chi connectivity index (χ2n) is 4.56. The molecular formula is C14H19BrN2O3. The maximum atomic E-state index is 11.7. The van der Waals surface area contributed by atoms with Crippen molar-refractivity contribution >= 4 is 33.6 Å². The first kappa shape index (κ1) is 16.5. The maximum Gasteiger partial charge on any atom is 0.319 e. The van der Waals surface area contributed by atoms with Crippen LogP contribution in [0.15, 0.2) is 22.7 Å². The van der Waals surface area contributed by atoms with Gasteiger partial charge < -0.3 is 15.7 Å². The number of hydrogen-bond acceptors (Lipinski definition) is 2. The summed E-state index contributed by atoms with van der Waals surface area (Å²) in [7, 11) is 0. The number of amides is 2. The van der Waals surface area contributed by atoms with Crippen LogP contribution in [0.5, 0.6) is 0 Å². The summed E-state index contributed by atoms with van der Waals surface area (Å²) in [6.07, 6.45) is 1.22. The van der Waals surface area contributed by atoms with E-state index in [1.807, 2.05) is 25.1 Å². The zero-order valence-electron chi connectivity index (χ0n) is 11.6. The molecule has 0 spiro atoms. The fourth-order valence-corrected chi connectivity index (χ4v) is 2.08. The fraction of sp³-hybridized carbons (Fsp3) is 0.429. The van der Waals surface area contributed by atoms with Crippen LogP contribution in [0.1, 0.15) is 25.8 Å². The lowest BCUT2D eigenvalue weighted by Crippen LogP contribution is -2.31. The van der Waals surface area contributed by atoms with Crippen LogP contribution in [0.4, 0.5) is 10.5 Å². The lowest BCUT2D eigenvalue weighted by atomic mass is 10.1. The topological polar surface area (TPSA) is 78.4 Å². The van der Waals surface area contributed by atoms with E-state index >= 15 is 0 Å². The molecule has 3 N–H and O–H groups in total. The summed E-state index contributed by atoms with van der Waals surface area (Å²) in [5, 5.41) is 14.2. The molecular weight excluding hydrogens is 324 g/mol. The van der Waals surface area contributed by atoms with E-state index in [9.17, 15) is 9.59 Å². The van der Waals surface area contributed by atoms with Gasteiger partial charge in [-0.05, 0) is 36.6 Å². The van der Waals surface area contributed by atoms with E-state index < -0.39 is 11.9 Å². The number of benzene rings is 1. The summed E-state index contributed by atoms with van der Waals surface area (Å²) in [6.45, 7) is 3.96. The number of carbonyl (C=O) groups is 2. The fourth-order valence-electron chi connectivity index (χ4n) is 1.67. The molecule has 0 aliphatic rings. The van der Waals surface area contributed by atoms with Crippen molar-refractivity contribution < 1.29 is 14.7 Å². The monoisotopic (exact) mass is 342 g/mol. The molecule has 0 bridgehead atoms. The SMILES string of the molecule is CCc1cc(Br)ccc1NC(=O)NCCC(C)C(=O)O. The Morgan fingerprint density at radius 2 is 2.10 bits per heavy atom. The van der Waals surface area contributed by atoms with Crippen LogP contribution in [0.2, 0.25) is 0 Å². The standard InChI is InChI=1S/C14H19BrN2O3/c1-3-10-8-11(15)4-5-12(10)17-14(20)16-7-6-9(2)13(18)19/h4-5,8-9H,3,6-7H2,1-2H3,(H,18,19)(H2,16,17,20). The number of aryl methyl sites for hydroxylation is 1. The van der Waals surface area contributed by atoms with E-state index in [2.05, 4.69) is 26.6 Å². The molecule has 2 amide bonds. The van der Waals surface area contributed by atoms with Crippen LogP contribution in [-0.4, -0.2) is 23.7 Å². The molecule has 0 aromatic heterocycles. The number of carbonyl (C=O) groups excluding carboxylic acids is 1. The number of anilines is 1. The molecule has 0 fully saturated rings. The van der Waals surface area contributed by atoms with Crippen LogP contribution < -0.4 is 10.6 Å². The lowest BCUT2D eigenvalue weighted by Gasteiger charge is -2.12. The molecule has 0 saturated heterocycles. The molecule has 0 heterocycles. The largest absolute Gasteiger partial charge is 0.481 e. The normalized spacial score (nSPS) is 11.8. The van der Waals surface area contributed by atoms with Crippen molar-refractivity contribution in [3.8, 4) is 0 Å². The number of aliphatic carboxylic acids is 1. The number of urea groups is 1. The van der Waals surface area contributed by atoms with Gasteiger partial charge in [0.25, 0.3) is 0 Å². The molecule has 0 radical (unpaired) electrons. The Morgan fingerprint density at radius 1 is 1.40 bits per heavy atom. The van der Waals surface area contributed by atoms with Crippen molar-refractivity contribution in [3.63, 3.8) is 0 Å². The van der Waals surface area contributed by atoms with Crippen molar-refractivity contribution in [2.75, 3.05) is 11.9 Å². The molecule has 1 unspecified atom stereocenters. The van der Waals surface area contributed by atoms with Gasteiger partial charge in [-0.3, -0.25) is 4.79 Å². The number of nitrogens with one attached hydrogen (secondary N) is 2. The number of halogens is 1. The summed E-state index contributed by atoms with van der Waals surface area (Å²) in [5.41, 5.74) is 1.80. The molecule has 1 aromatic rings. The van der Waals surface area contributed by atoms with Crippen molar-refractivity contribution in [2.24, 2.45) is 5.92 Å². The molecule has 0 saturated carbocycles. The van der Waals surface area contributed by atoms with Gasteiger partial charge in [-0.25, -0.2) is 4.79 Å². The Morgan fingerprint density at radius 3 is 2.70 bits per heavy atom. The number of hydrogen-bond donors (Lipinski definition) is 3. The Kier molecular flexibility index (Phi) is 6.51. The van der Waals surface area contributed by atoms with Crippen LogP contribution in [0.25, 0.3) is 0 Å². The van der Waals surface area contributed by atoms with Crippen molar-refractivity contribution in [1.82, 2.24) is 5.32 Å². The predicted molar refractivity (Wildman–Crippen MR) is 82.0 cm³/mol. The molecule has 1 aromatic carbocycles. The van der Waals surface area contributed by atoms with Crippen LogP contribution in [-0.2, 0) is 11.2 Å². The third-order valence-electron chi connectivity index (χ3n) is 2.98. The molecule has 1 rings (SSSR count). The van der Waals surface area contributed by atoms with Crippen molar-refractivity contribution in [3.05, 3.63) is 28.2 Å². The van der Waals surface area contributed by atoms with E-state index in [0.717, 1.165) is 22.1 Å². The Bertz CT molecular complexity index is 491. The van der Waals surface area contributed by atoms with Gasteiger partial charge in [0, 0.05) is 16.7 Å². The van der Waals surface area contributed by atoms with Gasteiger partial charge in [-0.15, -0.1) is 0 Å². The zero-order chi connectivity index (χ0) is 15.1. The molecule has 0 aliphatic heterocycles. The number of rotatable bonds is 6. The summed E-state index contributed by atoms with van der Waals surface area (Å²) in [4.78, 5) is 22.4. The summed E-state index contributed by atoms with van der Waals surface area (Å²) < 4.78 is 0.968. The Labute approximate surface area is 126 Å². The van der Waals surface area contributed by atoms with E-state index in [1.165, 1.54) is 0 Å². The zero-order valence-corrected chi connectivity index (χ0v) is 13.2. The minimum Gasteiger partial charge on any atom is -0.481 e. The van der Waals surface area contributed by atoms with Gasteiger partial charge in [-0.2, -0.15) is 0 Å². The van der Waals surface area contributed by atoms with Crippen molar-refractivity contribution in [1.29, 1.82) is 0 Å². The van der Waals surface area contributed by atoms with E-state index in [-0.39, 0.29) is 6.03 Å². The molecule has 5 nitrogen and oxygen atoms in total. The highest BCUT2D eigenvalue weighted by atomic mass is 79.9. The summed E-state index contributed by atoms with van der Waals surface area (Å²) in [6, 6.07) is 5.34. The average Bonchev–Trinajstić information content (AvgIpc) is 2.40. The number of carboxylic acid groups (broad SMARTS) is 1. The lowest BCUT2D eigenvalue weighted by molar-refractivity contribution is -0.141. The predicted octanol–water partition coefficient (Wildman–Crippen LogP) is 3.24. The third-order valence-corrected chi connectivity index (χ3v) is 3.47. The first-order valence-electron chi connectivity index (χ1n) is 6.50.